The minimum Gasteiger partial charge on any atom is -0.497 e. The van der Waals surface area contributed by atoms with Gasteiger partial charge in [0.05, 0.1) is 33.4 Å². The highest BCUT2D eigenvalue weighted by Gasteiger charge is 2.25. The van der Waals surface area contributed by atoms with Crippen LogP contribution in [0.15, 0.2) is 30.3 Å². The van der Waals surface area contributed by atoms with E-state index in [-0.39, 0.29) is 5.41 Å². The van der Waals surface area contributed by atoms with Crippen LogP contribution in [0.3, 0.4) is 0 Å². The normalized spacial score (nSPS) is 13.9. The Labute approximate surface area is 172 Å². The van der Waals surface area contributed by atoms with E-state index in [9.17, 15) is 0 Å². The summed E-state index contributed by atoms with van der Waals surface area (Å²) in [6, 6.07) is 10.1. The molecule has 2 aromatic heterocycles. The van der Waals surface area contributed by atoms with Crippen LogP contribution in [0.25, 0.3) is 16.9 Å². The van der Waals surface area contributed by atoms with E-state index in [0.29, 0.717) is 0 Å². The molecular formula is C23H32N5O+. The second-order valence-corrected chi connectivity index (χ2v) is 9.17. The van der Waals surface area contributed by atoms with Crippen molar-refractivity contribution >= 4 is 11.5 Å². The van der Waals surface area contributed by atoms with Gasteiger partial charge in [0.25, 0.3) is 0 Å². The van der Waals surface area contributed by atoms with Gasteiger partial charge in [0.15, 0.2) is 5.65 Å². The molecule has 6 nitrogen and oxygen atoms in total. The van der Waals surface area contributed by atoms with Crippen molar-refractivity contribution in [2.75, 3.05) is 39.6 Å². The fourth-order valence-electron chi connectivity index (χ4n) is 4.41. The smallest absolute Gasteiger partial charge is 0.158 e. The highest BCUT2D eigenvalue weighted by atomic mass is 16.5. The molecule has 0 fully saturated rings. The van der Waals surface area contributed by atoms with Gasteiger partial charge in [0.1, 0.15) is 11.6 Å². The number of anilines is 1. The molecule has 3 aromatic rings. The summed E-state index contributed by atoms with van der Waals surface area (Å²) in [6.07, 6.45) is 3.28. The van der Waals surface area contributed by atoms with Crippen molar-refractivity contribution in [2.45, 2.75) is 33.1 Å². The van der Waals surface area contributed by atoms with Crippen molar-refractivity contribution in [1.29, 1.82) is 0 Å². The van der Waals surface area contributed by atoms with Crippen LogP contribution < -0.4 is 15.0 Å². The maximum atomic E-state index is 5.28. The minimum atomic E-state index is 0.186. The summed E-state index contributed by atoms with van der Waals surface area (Å²) in [6.45, 7) is 6.64. The third-order valence-corrected chi connectivity index (χ3v) is 5.58. The summed E-state index contributed by atoms with van der Waals surface area (Å²) < 4.78 is 7.28. The molecule has 1 aromatic carbocycles. The number of ether oxygens (including phenoxy) is 1. The number of nitrogens with one attached hydrogen (secondary N) is 2. The van der Waals surface area contributed by atoms with Gasteiger partial charge in [-0.05, 0) is 43.5 Å². The average molecular weight is 395 g/mol. The van der Waals surface area contributed by atoms with E-state index in [1.807, 2.05) is 28.8 Å². The lowest BCUT2D eigenvalue weighted by atomic mass is 9.93. The topological polar surface area (TPSA) is 55.9 Å². The van der Waals surface area contributed by atoms with Gasteiger partial charge in [0, 0.05) is 34.8 Å². The Balaban J connectivity index is 1.71. The molecule has 2 heterocycles. The van der Waals surface area contributed by atoms with Gasteiger partial charge >= 0.3 is 0 Å². The Morgan fingerprint density at radius 1 is 1.17 bits per heavy atom. The van der Waals surface area contributed by atoms with Crippen molar-refractivity contribution in [3.8, 4) is 17.0 Å². The van der Waals surface area contributed by atoms with Crippen LogP contribution in [0, 0.1) is 5.41 Å². The lowest BCUT2D eigenvalue weighted by Gasteiger charge is -2.27. The number of nitrogens with zero attached hydrogens (tertiary/aromatic N) is 3. The molecule has 2 N–H and O–H groups in total. The largest absolute Gasteiger partial charge is 0.497 e. The van der Waals surface area contributed by atoms with Gasteiger partial charge in [-0.1, -0.05) is 13.8 Å². The van der Waals surface area contributed by atoms with Crippen molar-refractivity contribution in [2.24, 2.45) is 5.41 Å². The molecule has 4 rings (SSSR count). The van der Waals surface area contributed by atoms with E-state index in [1.165, 1.54) is 22.6 Å². The van der Waals surface area contributed by atoms with Gasteiger partial charge in [-0.3, -0.25) is 0 Å². The molecule has 1 aliphatic carbocycles. The molecular weight excluding hydrogens is 362 g/mol. The van der Waals surface area contributed by atoms with Crippen LogP contribution >= 0.6 is 0 Å². The molecule has 0 spiro atoms. The zero-order chi connectivity index (χ0) is 20.6. The van der Waals surface area contributed by atoms with Crippen molar-refractivity contribution in [3.05, 3.63) is 41.6 Å². The number of aryl methyl sites for hydroxylation is 1. The summed E-state index contributed by atoms with van der Waals surface area (Å²) >= 11 is 0. The first-order valence-electron chi connectivity index (χ1n) is 10.5. The standard InChI is InChI=1S/C23H31N5O/c1-23(2,15-27(3)4)14-24-22-18-7-6-8-19(18)25-21-13-20(26-28(21)22)16-9-11-17(29-5)12-10-16/h9-13,24H,6-8,14-15H2,1-5H3/p+1. The number of hydrogen-bond donors (Lipinski definition) is 2. The molecule has 0 aliphatic heterocycles. The lowest BCUT2D eigenvalue weighted by molar-refractivity contribution is -0.865. The Bertz CT molecular complexity index is 1000. The quantitative estimate of drug-likeness (QED) is 0.646. The second kappa shape index (κ2) is 7.67. The van der Waals surface area contributed by atoms with Crippen molar-refractivity contribution in [3.63, 3.8) is 0 Å². The Morgan fingerprint density at radius 2 is 1.93 bits per heavy atom. The van der Waals surface area contributed by atoms with E-state index in [1.54, 1.807) is 7.11 Å². The molecule has 0 saturated carbocycles. The van der Waals surface area contributed by atoms with Gasteiger partial charge in [-0.25, -0.2) is 4.98 Å². The highest BCUT2D eigenvalue weighted by molar-refractivity contribution is 5.67. The molecule has 0 unspecified atom stereocenters. The Morgan fingerprint density at radius 3 is 2.62 bits per heavy atom. The van der Waals surface area contributed by atoms with E-state index >= 15 is 0 Å². The van der Waals surface area contributed by atoms with Gasteiger partial charge in [-0.15, -0.1) is 0 Å². The molecule has 1 aliphatic rings. The number of methoxy groups -OCH3 is 1. The third kappa shape index (κ3) is 4.08. The van der Waals surface area contributed by atoms with Crippen LogP contribution in [0.1, 0.15) is 31.5 Å². The minimum absolute atomic E-state index is 0.186. The first-order chi connectivity index (χ1) is 13.9. The van der Waals surface area contributed by atoms with Crippen molar-refractivity contribution in [1.82, 2.24) is 14.6 Å². The van der Waals surface area contributed by atoms with Gasteiger partial charge in [0.2, 0.25) is 0 Å². The maximum absolute atomic E-state index is 5.28. The third-order valence-electron chi connectivity index (χ3n) is 5.58. The monoisotopic (exact) mass is 394 g/mol. The molecule has 0 atom stereocenters. The second-order valence-electron chi connectivity index (χ2n) is 9.17. The summed E-state index contributed by atoms with van der Waals surface area (Å²) in [7, 11) is 6.10. The average Bonchev–Trinajstić information content (AvgIpc) is 3.30. The van der Waals surface area contributed by atoms with Gasteiger partial charge < -0.3 is 15.0 Å². The lowest BCUT2D eigenvalue weighted by Crippen LogP contribution is -3.07. The predicted molar refractivity (Wildman–Crippen MR) is 117 cm³/mol. The number of aromatic nitrogens is 3. The Hall–Kier alpha value is -2.60. The summed E-state index contributed by atoms with van der Waals surface area (Å²) in [5.74, 6) is 1.96. The zero-order valence-corrected chi connectivity index (χ0v) is 18.2. The van der Waals surface area contributed by atoms with Crippen LogP contribution in [-0.4, -0.2) is 48.9 Å². The van der Waals surface area contributed by atoms with Crippen LogP contribution in [-0.2, 0) is 12.8 Å². The molecule has 0 bridgehead atoms. The summed E-state index contributed by atoms with van der Waals surface area (Å²) in [5, 5.41) is 8.67. The molecule has 29 heavy (non-hydrogen) atoms. The fraction of sp³-hybridized carbons (Fsp3) is 0.478. The summed E-state index contributed by atoms with van der Waals surface area (Å²) in [4.78, 5) is 6.38. The highest BCUT2D eigenvalue weighted by Crippen LogP contribution is 2.31. The maximum Gasteiger partial charge on any atom is 0.158 e. The van der Waals surface area contributed by atoms with E-state index in [2.05, 4.69) is 39.3 Å². The first-order valence-corrected chi connectivity index (χ1v) is 10.5. The fourth-order valence-corrected chi connectivity index (χ4v) is 4.41. The van der Waals surface area contributed by atoms with E-state index in [4.69, 9.17) is 14.8 Å². The van der Waals surface area contributed by atoms with E-state index < -0.39 is 0 Å². The van der Waals surface area contributed by atoms with Crippen LogP contribution in [0.5, 0.6) is 5.75 Å². The molecule has 0 radical (unpaired) electrons. The number of fused-ring (bicyclic) bond motifs is 2. The zero-order valence-electron chi connectivity index (χ0n) is 18.2. The van der Waals surface area contributed by atoms with Gasteiger partial charge in [-0.2, -0.15) is 9.61 Å². The number of quaternary nitrogens is 1. The van der Waals surface area contributed by atoms with Crippen LogP contribution in [0.2, 0.25) is 0 Å². The molecule has 6 heteroatoms. The molecule has 0 saturated heterocycles. The molecule has 0 amide bonds. The predicted octanol–water partition coefficient (Wildman–Crippen LogP) is 2.48. The first kappa shape index (κ1) is 19.7. The number of rotatable bonds is 7. The number of benzene rings is 1. The van der Waals surface area contributed by atoms with E-state index in [0.717, 1.165) is 54.4 Å². The number of hydrogen-bond acceptors (Lipinski definition) is 4. The Kier molecular flexibility index (Phi) is 5.21. The van der Waals surface area contributed by atoms with Crippen LogP contribution in [0.4, 0.5) is 5.82 Å². The SMILES string of the molecule is COc1ccc(-c2cc3nc4c(c(NCC(C)(C)C[NH+](C)C)n3n2)CCC4)cc1. The van der Waals surface area contributed by atoms with Crippen molar-refractivity contribution < 1.29 is 9.64 Å². The molecule has 154 valence electrons. The summed E-state index contributed by atoms with van der Waals surface area (Å²) in [5.41, 5.74) is 5.65.